The van der Waals surface area contributed by atoms with Gasteiger partial charge in [-0.2, -0.15) is 0 Å². The van der Waals surface area contributed by atoms with Crippen LogP contribution in [0, 0.1) is 5.82 Å². The maximum atomic E-state index is 13.8. The highest BCUT2D eigenvalue weighted by Crippen LogP contribution is 2.16. The highest BCUT2D eigenvalue weighted by atomic mass is 79.9. The second kappa shape index (κ2) is 9.59. The molecule has 0 saturated heterocycles. The lowest BCUT2D eigenvalue weighted by Gasteiger charge is -2.11. The van der Waals surface area contributed by atoms with Gasteiger partial charge in [0, 0.05) is 29.3 Å². The predicted octanol–water partition coefficient (Wildman–Crippen LogP) is 3.93. The van der Waals surface area contributed by atoms with Crippen molar-refractivity contribution in [3.63, 3.8) is 0 Å². The molecule has 0 radical (unpaired) electrons. The van der Waals surface area contributed by atoms with Crippen molar-refractivity contribution in [2.45, 2.75) is 19.9 Å². The molecule has 0 fully saturated rings. The van der Waals surface area contributed by atoms with Crippen LogP contribution in [0.1, 0.15) is 18.1 Å². The van der Waals surface area contributed by atoms with Crippen LogP contribution in [0.4, 0.5) is 4.39 Å². The van der Waals surface area contributed by atoms with Gasteiger partial charge in [0.25, 0.3) is 0 Å². The standard InChI is InChI=1S/C17H19BrClFN4/c1-2-21-17(22-8-7-12-3-6-16(19)23-10-12)24-11-13-9-14(18)4-5-15(13)20/h3-6,9-10H,2,7-8,11H2,1H3,(H2,21,22,24). The first-order valence-corrected chi connectivity index (χ1v) is 8.82. The molecule has 0 atom stereocenters. The third-order valence-electron chi connectivity index (χ3n) is 3.25. The van der Waals surface area contributed by atoms with E-state index in [1.807, 2.05) is 13.0 Å². The minimum atomic E-state index is -0.259. The fraction of sp³-hybridized carbons (Fsp3) is 0.294. The van der Waals surface area contributed by atoms with E-state index >= 15 is 0 Å². The van der Waals surface area contributed by atoms with Gasteiger partial charge in [-0.25, -0.2) is 14.4 Å². The van der Waals surface area contributed by atoms with Crippen molar-refractivity contribution in [3.05, 3.63) is 63.1 Å². The van der Waals surface area contributed by atoms with Crippen molar-refractivity contribution in [2.24, 2.45) is 4.99 Å². The molecule has 0 amide bonds. The highest BCUT2D eigenvalue weighted by molar-refractivity contribution is 9.10. The highest BCUT2D eigenvalue weighted by Gasteiger charge is 2.04. The summed E-state index contributed by atoms with van der Waals surface area (Å²) in [5, 5.41) is 6.87. The number of benzene rings is 1. The van der Waals surface area contributed by atoms with E-state index < -0.39 is 0 Å². The summed E-state index contributed by atoms with van der Waals surface area (Å²) in [6, 6.07) is 8.56. The van der Waals surface area contributed by atoms with Gasteiger partial charge < -0.3 is 10.6 Å². The second-order valence-electron chi connectivity index (χ2n) is 5.10. The van der Waals surface area contributed by atoms with Gasteiger partial charge in [0.05, 0.1) is 6.54 Å². The molecule has 1 heterocycles. The summed E-state index contributed by atoms with van der Waals surface area (Å²) in [5.41, 5.74) is 1.63. The Kier molecular flexibility index (Phi) is 7.46. The van der Waals surface area contributed by atoms with Crippen LogP contribution >= 0.6 is 27.5 Å². The van der Waals surface area contributed by atoms with Crippen LogP contribution in [0.5, 0.6) is 0 Å². The van der Waals surface area contributed by atoms with Gasteiger partial charge in [-0.1, -0.05) is 33.6 Å². The number of pyridine rings is 1. The van der Waals surface area contributed by atoms with Crippen LogP contribution in [-0.4, -0.2) is 24.0 Å². The Hall–Kier alpha value is -1.66. The Labute approximate surface area is 154 Å². The molecule has 1 aromatic carbocycles. The maximum Gasteiger partial charge on any atom is 0.191 e. The molecule has 0 bridgehead atoms. The van der Waals surface area contributed by atoms with Gasteiger partial charge in [0.15, 0.2) is 5.96 Å². The molecule has 0 spiro atoms. The molecule has 0 aliphatic rings. The molecular formula is C17H19BrClFN4. The number of halogens is 3. The van der Waals surface area contributed by atoms with Gasteiger partial charge in [-0.05, 0) is 43.2 Å². The Morgan fingerprint density at radius 2 is 2.12 bits per heavy atom. The van der Waals surface area contributed by atoms with Crippen molar-refractivity contribution in [1.82, 2.24) is 15.6 Å². The summed E-state index contributed by atoms with van der Waals surface area (Å²) in [6.07, 6.45) is 2.55. The van der Waals surface area contributed by atoms with Crippen molar-refractivity contribution in [3.8, 4) is 0 Å². The predicted molar refractivity (Wildman–Crippen MR) is 99.9 cm³/mol. The van der Waals surface area contributed by atoms with E-state index in [9.17, 15) is 4.39 Å². The number of nitrogens with zero attached hydrogens (tertiary/aromatic N) is 2. The van der Waals surface area contributed by atoms with Gasteiger partial charge in [-0.15, -0.1) is 0 Å². The summed E-state index contributed by atoms with van der Waals surface area (Å²) < 4.78 is 14.6. The smallest absolute Gasteiger partial charge is 0.191 e. The summed E-state index contributed by atoms with van der Waals surface area (Å²) in [6.45, 7) is 3.68. The molecule has 0 aliphatic heterocycles. The van der Waals surface area contributed by atoms with E-state index in [1.165, 1.54) is 6.07 Å². The van der Waals surface area contributed by atoms with E-state index in [4.69, 9.17) is 11.6 Å². The zero-order valence-corrected chi connectivity index (χ0v) is 15.7. The SMILES string of the molecule is CCNC(=NCc1cc(Br)ccc1F)NCCc1ccc(Cl)nc1. The minimum Gasteiger partial charge on any atom is -0.357 e. The Morgan fingerprint density at radius 1 is 1.29 bits per heavy atom. The van der Waals surface area contributed by atoms with Gasteiger partial charge in [0.1, 0.15) is 11.0 Å². The molecule has 0 aliphatic carbocycles. The number of rotatable bonds is 6. The lowest BCUT2D eigenvalue weighted by molar-refractivity contribution is 0.610. The molecule has 2 aromatic rings. The van der Waals surface area contributed by atoms with E-state index in [1.54, 1.807) is 24.4 Å². The second-order valence-corrected chi connectivity index (χ2v) is 6.40. The molecule has 0 unspecified atom stereocenters. The molecule has 1 aromatic heterocycles. The number of hydrogen-bond donors (Lipinski definition) is 2. The molecule has 4 nitrogen and oxygen atoms in total. The minimum absolute atomic E-state index is 0.259. The summed E-state index contributed by atoms with van der Waals surface area (Å²) in [7, 11) is 0. The van der Waals surface area contributed by atoms with Crippen LogP contribution in [0.2, 0.25) is 5.15 Å². The van der Waals surface area contributed by atoms with Gasteiger partial charge in [0.2, 0.25) is 0 Å². The van der Waals surface area contributed by atoms with Crippen LogP contribution in [0.15, 0.2) is 46.0 Å². The van der Waals surface area contributed by atoms with E-state index in [-0.39, 0.29) is 12.4 Å². The number of aromatic nitrogens is 1. The number of nitrogens with one attached hydrogen (secondary N) is 2. The molecule has 24 heavy (non-hydrogen) atoms. The third kappa shape index (κ3) is 6.09. The van der Waals surface area contributed by atoms with E-state index in [0.717, 1.165) is 23.0 Å². The van der Waals surface area contributed by atoms with Crippen molar-refractivity contribution in [2.75, 3.05) is 13.1 Å². The molecule has 7 heteroatoms. The Balaban J connectivity index is 1.92. The van der Waals surface area contributed by atoms with Crippen LogP contribution < -0.4 is 10.6 Å². The summed E-state index contributed by atoms with van der Waals surface area (Å²) in [4.78, 5) is 8.48. The number of guanidine groups is 1. The topological polar surface area (TPSA) is 49.3 Å². The van der Waals surface area contributed by atoms with Crippen molar-refractivity contribution < 1.29 is 4.39 Å². The van der Waals surface area contributed by atoms with Gasteiger partial charge >= 0.3 is 0 Å². The van der Waals surface area contributed by atoms with Crippen LogP contribution in [0.25, 0.3) is 0 Å². The number of hydrogen-bond acceptors (Lipinski definition) is 2. The average Bonchev–Trinajstić information content (AvgIpc) is 2.57. The molecule has 0 saturated carbocycles. The zero-order valence-electron chi connectivity index (χ0n) is 13.3. The summed E-state index contributed by atoms with van der Waals surface area (Å²) in [5.74, 6) is 0.392. The van der Waals surface area contributed by atoms with Crippen LogP contribution in [-0.2, 0) is 13.0 Å². The fourth-order valence-electron chi connectivity index (χ4n) is 2.05. The fourth-order valence-corrected chi connectivity index (χ4v) is 2.57. The average molecular weight is 414 g/mol. The van der Waals surface area contributed by atoms with Gasteiger partial charge in [-0.3, -0.25) is 0 Å². The number of aliphatic imine (C=N–C) groups is 1. The monoisotopic (exact) mass is 412 g/mol. The zero-order chi connectivity index (χ0) is 17.4. The Bertz CT molecular complexity index is 691. The molecule has 2 N–H and O–H groups in total. The molecular weight excluding hydrogens is 395 g/mol. The first-order valence-electron chi connectivity index (χ1n) is 7.65. The van der Waals surface area contributed by atoms with Crippen LogP contribution in [0.3, 0.4) is 0 Å². The molecule has 128 valence electrons. The molecule has 2 rings (SSSR count). The largest absolute Gasteiger partial charge is 0.357 e. The lowest BCUT2D eigenvalue weighted by atomic mass is 10.2. The first kappa shape index (κ1) is 18.7. The third-order valence-corrected chi connectivity index (χ3v) is 3.97. The summed E-state index contributed by atoms with van der Waals surface area (Å²) >= 11 is 9.12. The lowest BCUT2D eigenvalue weighted by Crippen LogP contribution is -2.38. The van der Waals surface area contributed by atoms with E-state index in [2.05, 4.69) is 36.5 Å². The first-order chi connectivity index (χ1) is 11.6. The maximum absolute atomic E-state index is 13.8. The van der Waals surface area contributed by atoms with Crippen molar-refractivity contribution in [1.29, 1.82) is 0 Å². The quantitative estimate of drug-likeness (QED) is 0.428. The normalized spacial score (nSPS) is 11.4. The van der Waals surface area contributed by atoms with E-state index in [0.29, 0.717) is 23.2 Å². The Morgan fingerprint density at radius 3 is 2.83 bits per heavy atom. The van der Waals surface area contributed by atoms with Crippen molar-refractivity contribution >= 4 is 33.5 Å².